The van der Waals surface area contributed by atoms with Crippen molar-refractivity contribution < 1.29 is 4.42 Å². The van der Waals surface area contributed by atoms with Crippen molar-refractivity contribution in [2.45, 2.75) is 39.5 Å². The third-order valence-electron chi connectivity index (χ3n) is 3.89. The molecule has 0 saturated heterocycles. The number of furan rings is 1. The molecule has 2 atom stereocenters. The van der Waals surface area contributed by atoms with Crippen LogP contribution in [-0.2, 0) is 6.42 Å². The van der Waals surface area contributed by atoms with E-state index in [9.17, 15) is 0 Å². The van der Waals surface area contributed by atoms with Gasteiger partial charge in [0, 0.05) is 6.42 Å². The standard InChI is InChI=1S/C13H21NO/c1-9(8-14)12-10-5-7-15-11(10)4-6-13(12,2)3/h5,7,9,12H,4,6,8,14H2,1-3H3. The molecule has 0 bridgehead atoms. The van der Waals surface area contributed by atoms with Crippen molar-refractivity contribution in [1.29, 1.82) is 0 Å². The molecule has 0 aromatic carbocycles. The number of fused-ring (bicyclic) bond motifs is 1. The van der Waals surface area contributed by atoms with Gasteiger partial charge in [-0.1, -0.05) is 20.8 Å². The Morgan fingerprint density at radius 3 is 3.00 bits per heavy atom. The molecule has 1 aliphatic rings. The summed E-state index contributed by atoms with van der Waals surface area (Å²) in [6.07, 6.45) is 4.09. The first kappa shape index (κ1) is 10.7. The van der Waals surface area contributed by atoms with E-state index in [-0.39, 0.29) is 0 Å². The van der Waals surface area contributed by atoms with Crippen molar-refractivity contribution in [3.05, 3.63) is 23.7 Å². The Balaban J connectivity index is 2.40. The number of hydrogen-bond acceptors (Lipinski definition) is 2. The summed E-state index contributed by atoms with van der Waals surface area (Å²) in [5.41, 5.74) is 7.55. The van der Waals surface area contributed by atoms with Gasteiger partial charge in [-0.15, -0.1) is 0 Å². The Morgan fingerprint density at radius 2 is 2.33 bits per heavy atom. The molecule has 1 aromatic rings. The molecule has 1 heterocycles. The lowest BCUT2D eigenvalue weighted by molar-refractivity contribution is 0.184. The minimum absolute atomic E-state index is 0.343. The molecule has 2 rings (SSSR count). The van der Waals surface area contributed by atoms with Crippen LogP contribution in [0.2, 0.25) is 0 Å². The topological polar surface area (TPSA) is 39.2 Å². The molecule has 0 saturated carbocycles. The van der Waals surface area contributed by atoms with Crippen LogP contribution < -0.4 is 5.73 Å². The van der Waals surface area contributed by atoms with E-state index in [0.29, 0.717) is 17.3 Å². The Morgan fingerprint density at radius 1 is 1.60 bits per heavy atom. The van der Waals surface area contributed by atoms with Gasteiger partial charge in [0.2, 0.25) is 0 Å². The van der Waals surface area contributed by atoms with Gasteiger partial charge in [0.25, 0.3) is 0 Å². The molecule has 0 spiro atoms. The number of aryl methyl sites for hydroxylation is 1. The minimum Gasteiger partial charge on any atom is -0.469 e. The smallest absolute Gasteiger partial charge is 0.107 e. The highest BCUT2D eigenvalue weighted by Crippen LogP contribution is 2.48. The van der Waals surface area contributed by atoms with Crippen LogP contribution in [0.4, 0.5) is 0 Å². The Kier molecular flexibility index (Phi) is 2.63. The molecule has 2 unspecified atom stereocenters. The maximum Gasteiger partial charge on any atom is 0.107 e. The zero-order valence-electron chi connectivity index (χ0n) is 9.92. The first-order chi connectivity index (χ1) is 7.06. The summed E-state index contributed by atoms with van der Waals surface area (Å²) >= 11 is 0. The Labute approximate surface area is 91.8 Å². The molecule has 0 radical (unpaired) electrons. The van der Waals surface area contributed by atoms with Gasteiger partial charge in [-0.05, 0) is 41.8 Å². The Bertz CT molecular complexity index is 340. The normalized spacial score (nSPS) is 26.0. The van der Waals surface area contributed by atoms with Gasteiger partial charge in [-0.25, -0.2) is 0 Å². The molecule has 15 heavy (non-hydrogen) atoms. The summed E-state index contributed by atoms with van der Waals surface area (Å²) in [5.74, 6) is 2.25. The molecule has 1 aliphatic carbocycles. The average molecular weight is 207 g/mol. The second-order valence-corrected chi connectivity index (χ2v) is 5.48. The van der Waals surface area contributed by atoms with Crippen LogP contribution in [0.1, 0.15) is 44.4 Å². The van der Waals surface area contributed by atoms with Crippen LogP contribution in [0.5, 0.6) is 0 Å². The van der Waals surface area contributed by atoms with E-state index in [1.165, 1.54) is 17.7 Å². The fraction of sp³-hybridized carbons (Fsp3) is 0.692. The second kappa shape index (κ2) is 3.67. The summed E-state index contributed by atoms with van der Waals surface area (Å²) < 4.78 is 5.53. The minimum atomic E-state index is 0.343. The van der Waals surface area contributed by atoms with Crippen molar-refractivity contribution >= 4 is 0 Å². The zero-order chi connectivity index (χ0) is 11.1. The predicted octanol–water partition coefficient (Wildman–Crippen LogP) is 2.93. The molecule has 0 fully saturated rings. The fourth-order valence-electron chi connectivity index (χ4n) is 3.06. The highest BCUT2D eigenvalue weighted by atomic mass is 16.3. The van der Waals surface area contributed by atoms with Crippen molar-refractivity contribution in [2.24, 2.45) is 17.1 Å². The van der Waals surface area contributed by atoms with Crippen LogP contribution in [0.3, 0.4) is 0 Å². The van der Waals surface area contributed by atoms with Crippen molar-refractivity contribution in [1.82, 2.24) is 0 Å². The number of rotatable bonds is 2. The van der Waals surface area contributed by atoms with Gasteiger partial charge in [0.05, 0.1) is 6.26 Å². The van der Waals surface area contributed by atoms with Crippen molar-refractivity contribution in [2.75, 3.05) is 6.54 Å². The highest BCUT2D eigenvalue weighted by molar-refractivity contribution is 5.28. The number of hydrogen-bond donors (Lipinski definition) is 1. The summed E-state index contributed by atoms with van der Waals surface area (Å²) in [5, 5.41) is 0. The summed E-state index contributed by atoms with van der Waals surface area (Å²) in [4.78, 5) is 0. The lowest BCUT2D eigenvalue weighted by Gasteiger charge is -2.41. The van der Waals surface area contributed by atoms with Gasteiger partial charge >= 0.3 is 0 Å². The lowest BCUT2D eigenvalue weighted by Crippen LogP contribution is -2.34. The average Bonchev–Trinajstić information content (AvgIpc) is 2.63. The maximum atomic E-state index is 5.82. The van der Waals surface area contributed by atoms with Gasteiger partial charge in [-0.2, -0.15) is 0 Å². The molecule has 2 N–H and O–H groups in total. The second-order valence-electron chi connectivity index (χ2n) is 5.48. The molecule has 1 aromatic heterocycles. The molecule has 84 valence electrons. The van der Waals surface area contributed by atoms with Crippen molar-refractivity contribution in [3.8, 4) is 0 Å². The van der Waals surface area contributed by atoms with Gasteiger partial charge in [0.15, 0.2) is 0 Å². The quantitative estimate of drug-likeness (QED) is 0.809. The summed E-state index contributed by atoms with van der Waals surface area (Å²) in [6, 6.07) is 2.13. The maximum absolute atomic E-state index is 5.82. The lowest BCUT2D eigenvalue weighted by atomic mass is 9.63. The highest BCUT2D eigenvalue weighted by Gasteiger charge is 2.39. The van der Waals surface area contributed by atoms with Crippen LogP contribution in [0.25, 0.3) is 0 Å². The van der Waals surface area contributed by atoms with Crippen LogP contribution in [0, 0.1) is 11.3 Å². The summed E-state index contributed by atoms with van der Waals surface area (Å²) in [6.45, 7) is 7.69. The van der Waals surface area contributed by atoms with E-state index >= 15 is 0 Å². The Hall–Kier alpha value is -0.760. The third kappa shape index (κ3) is 1.71. The van der Waals surface area contributed by atoms with Crippen LogP contribution in [-0.4, -0.2) is 6.54 Å². The number of nitrogens with two attached hydrogens (primary N) is 1. The SMILES string of the molecule is CC(CN)C1c2ccoc2CCC1(C)C. The molecular weight excluding hydrogens is 186 g/mol. The van der Waals surface area contributed by atoms with Gasteiger partial charge < -0.3 is 10.2 Å². The molecule has 2 nitrogen and oxygen atoms in total. The van der Waals surface area contributed by atoms with Gasteiger partial charge in [0.1, 0.15) is 5.76 Å². The predicted molar refractivity (Wildman–Crippen MR) is 61.8 cm³/mol. The zero-order valence-corrected chi connectivity index (χ0v) is 9.92. The van der Waals surface area contributed by atoms with E-state index in [0.717, 1.165) is 13.0 Å². The first-order valence-electron chi connectivity index (χ1n) is 5.82. The van der Waals surface area contributed by atoms with E-state index < -0.39 is 0 Å². The molecule has 0 aliphatic heterocycles. The van der Waals surface area contributed by atoms with E-state index in [1.807, 2.05) is 6.26 Å². The molecular formula is C13H21NO. The summed E-state index contributed by atoms with van der Waals surface area (Å²) in [7, 11) is 0. The van der Waals surface area contributed by atoms with Crippen molar-refractivity contribution in [3.63, 3.8) is 0 Å². The van der Waals surface area contributed by atoms with Gasteiger partial charge in [-0.3, -0.25) is 0 Å². The van der Waals surface area contributed by atoms with E-state index in [1.54, 1.807) is 0 Å². The van der Waals surface area contributed by atoms with E-state index in [2.05, 4.69) is 26.8 Å². The monoisotopic (exact) mass is 207 g/mol. The van der Waals surface area contributed by atoms with E-state index in [4.69, 9.17) is 10.2 Å². The van der Waals surface area contributed by atoms with Crippen LogP contribution >= 0.6 is 0 Å². The fourth-order valence-corrected chi connectivity index (χ4v) is 3.06. The molecule has 0 amide bonds. The third-order valence-corrected chi connectivity index (χ3v) is 3.89. The first-order valence-corrected chi connectivity index (χ1v) is 5.82. The molecule has 2 heteroatoms. The van der Waals surface area contributed by atoms with Crippen LogP contribution in [0.15, 0.2) is 16.7 Å². The largest absolute Gasteiger partial charge is 0.469 e.